The third-order valence-electron chi connectivity index (χ3n) is 0.954. The van der Waals surface area contributed by atoms with Crippen LogP contribution in [0.15, 0.2) is 12.3 Å². The zero-order valence-corrected chi connectivity index (χ0v) is 6.67. The summed E-state index contributed by atoms with van der Waals surface area (Å²) >= 11 is 0. The number of rotatable bonds is 5. The molecule has 0 radical (unpaired) electrons. The fourth-order valence-electron chi connectivity index (χ4n) is 0.528. The smallest absolute Gasteiger partial charge is 0.0556 e. The summed E-state index contributed by atoms with van der Waals surface area (Å²) in [4.78, 5) is 1.97. The normalized spacial score (nSPS) is 10.7. The molecule has 0 saturated carbocycles. The van der Waals surface area contributed by atoms with Crippen molar-refractivity contribution in [3.63, 3.8) is 0 Å². The number of nitrogens with zero attached hydrogens (tertiary/aromatic N) is 1. The lowest BCUT2D eigenvalue weighted by Gasteiger charge is -2.03. The molecule has 0 spiro atoms. The third kappa shape index (κ3) is 7.46. The van der Waals surface area contributed by atoms with E-state index in [1.54, 1.807) is 0 Å². The quantitative estimate of drug-likeness (QED) is 0.517. The summed E-state index contributed by atoms with van der Waals surface area (Å²) in [6.07, 6.45) is 3.99. The second-order valence-electron chi connectivity index (χ2n) is 2.28. The maximum atomic E-state index is 8.38. The van der Waals surface area contributed by atoms with E-state index in [-0.39, 0.29) is 6.61 Å². The highest BCUT2D eigenvalue weighted by atomic mass is 16.3. The van der Waals surface area contributed by atoms with Crippen molar-refractivity contribution in [2.24, 2.45) is 0 Å². The minimum atomic E-state index is 0.204. The van der Waals surface area contributed by atoms with Crippen LogP contribution in [0.2, 0.25) is 0 Å². The maximum Gasteiger partial charge on any atom is 0.0556 e. The lowest BCUT2D eigenvalue weighted by Crippen LogP contribution is -2.18. The van der Waals surface area contributed by atoms with Crippen LogP contribution in [-0.4, -0.2) is 43.8 Å². The van der Waals surface area contributed by atoms with Crippen LogP contribution in [0, 0.1) is 0 Å². The van der Waals surface area contributed by atoms with Gasteiger partial charge in [0, 0.05) is 27.2 Å². The number of hydrogen-bond donors (Lipinski definition) is 2. The van der Waals surface area contributed by atoms with Crippen LogP contribution in [0.5, 0.6) is 0 Å². The van der Waals surface area contributed by atoms with E-state index in [1.165, 1.54) is 0 Å². The Morgan fingerprint density at radius 1 is 1.50 bits per heavy atom. The molecule has 60 valence electrons. The summed E-state index contributed by atoms with van der Waals surface area (Å²) in [5, 5.41) is 11.4. The van der Waals surface area contributed by atoms with Gasteiger partial charge in [-0.3, -0.25) is 0 Å². The summed E-state index contributed by atoms with van der Waals surface area (Å²) in [6, 6.07) is 0. The fourth-order valence-corrected chi connectivity index (χ4v) is 0.528. The average molecular weight is 144 g/mol. The van der Waals surface area contributed by atoms with Crippen molar-refractivity contribution in [3.8, 4) is 0 Å². The van der Waals surface area contributed by atoms with Crippen molar-refractivity contribution >= 4 is 0 Å². The standard InChI is InChI=1S/C7H16N2O/c1-9(2)6-3-4-8-5-7-10/h3,6,8,10H,4-5,7H2,1-2H3/b6-3+. The molecule has 0 atom stereocenters. The zero-order valence-electron chi connectivity index (χ0n) is 6.67. The largest absolute Gasteiger partial charge is 0.395 e. The van der Waals surface area contributed by atoms with E-state index in [0.29, 0.717) is 6.54 Å². The van der Waals surface area contributed by atoms with Crippen LogP contribution in [0.25, 0.3) is 0 Å². The molecule has 10 heavy (non-hydrogen) atoms. The Balaban J connectivity index is 3.02. The Kier molecular flexibility index (Phi) is 6.22. The van der Waals surface area contributed by atoms with Crippen LogP contribution in [0.1, 0.15) is 0 Å². The van der Waals surface area contributed by atoms with Crippen molar-refractivity contribution in [3.05, 3.63) is 12.3 Å². The molecule has 0 rings (SSSR count). The van der Waals surface area contributed by atoms with Gasteiger partial charge in [0.1, 0.15) is 0 Å². The molecule has 0 bridgehead atoms. The van der Waals surface area contributed by atoms with Gasteiger partial charge in [-0.25, -0.2) is 0 Å². The number of aliphatic hydroxyl groups excluding tert-OH is 1. The van der Waals surface area contributed by atoms with Gasteiger partial charge in [-0.15, -0.1) is 0 Å². The molecule has 2 N–H and O–H groups in total. The van der Waals surface area contributed by atoms with Gasteiger partial charge < -0.3 is 15.3 Å². The van der Waals surface area contributed by atoms with E-state index in [1.807, 2.05) is 31.3 Å². The molecule has 3 nitrogen and oxygen atoms in total. The van der Waals surface area contributed by atoms with Crippen LogP contribution in [0.3, 0.4) is 0 Å². The maximum absolute atomic E-state index is 8.38. The van der Waals surface area contributed by atoms with Crippen molar-refractivity contribution in [1.82, 2.24) is 10.2 Å². The first-order valence-electron chi connectivity index (χ1n) is 3.42. The summed E-state index contributed by atoms with van der Waals surface area (Å²) in [5.41, 5.74) is 0. The third-order valence-corrected chi connectivity index (χ3v) is 0.954. The van der Waals surface area contributed by atoms with Crippen LogP contribution >= 0.6 is 0 Å². The molecule has 0 aliphatic rings. The summed E-state index contributed by atoms with van der Waals surface area (Å²) in [5.74, 6) is 0. The first-order valence-corrected chi connectivity index (χ1v) is 3.42. The summed E-state index contributed by atoms with van der Waals surface area (Å²) < 4.78 is 0. The highest BCUT2D eigenvalue weighted by molar-refractivity contribution is 4.80. The van der Waals surface area contributed by atoms with E-state index in [0.717, 1.165) is 6.54 Å². The van der Waals surface area contributed by atoms with Crippen LogP contribution < -0.4 is 5.32 Å². The summed E-state index contributed by atoms with van der Waals surface area (Å²) in [6.45, 7) is 1.69. The van der Waals surface area contributed by atoms with Crippen molar-refractivity contribution in [2.75, 3.05) is 33.8 Å². The SMILES string of the molecule is CN(C)/C=C/CNCCO. The molecule has 0 heterocycles. The molecular weight excluding hydrogens is 128 g/mol. The van der Waals surface area contributed by atoms with E-state index < -0.39 is 0 Å². The van der Waals surface area contributed by atoms with Gasteiger partial charge in [-0.1, -0.05) is 6.08 Å². The minimum absolute atomic E-state index is 0.204. The Labute approximate surface area is 62.3 Å². The monoisotopic (exact) mass is 144 g/mol. The van der Waals surface area contributed by atoms with Crippen molar-refractivity contribution in [1.29, 1.82) is 0 Å². The molecule has 0 aliphatic carbocycles. The lowest BCUT2D eigenvalue weighted by molar-refractivity contribution is 0.294. The summed E-state index contributed by atoms with van der Waals surface area (Å²) in [7, 11) is 3.95. The van der Waals surface area contributed by atoms with Gasteiger partial charge >= 0.3 is 0 Å². The average Bonchev–Trinajstić information content (AvgIpc) is 1.87. The van der Waals surface area contributed by atoms with E-state index >= 15 is 0 Å². The molecule has 0 fully saturated rings. The van der Waals surface area contributed by atoms with E-state index in [2.05, 4.69) is 5.32 Å². The molecule has 0 amide bonds. The van der Waals surface area contributed by atoms with Gasteiger partial charge in [0.15, 0.2) is 0 Å². The van der Waals surface area contributed by atoms with Crippen LogP contribution in [0.4, 0.5) is 0 Å². The van der Waals surface area contributed by atoms with Gasteiger partial charge in [-0.05, 0) is 6.20 Å². The molecule has 0 aromatic rings. The Morgan fingerprint density at radius 2 is 2.20 bits per heavy atom. The molecule has 0 saturated heterocycles. The van der Waals surface area contributed by atoms with Gasteiger partial charge in [0.25, 0.3) is 0 Å². The molecule has 3 heteroatoms. The Bertz CT molecular complexity index is 91.6. The predicted octanol–water partition coefficient (Wildman–Crippen LogP) is -0.356. The van der Waals surface area contributed by atoms with Crippen LogP contribution in [-0.2, 0) is 0 Å². The highest BCUT2D eigenvalue weighted by Crippen LogP contribution is 1.74. The topological polar surface area (TPSA) is 35.5 Å². The van der Waals surface area contributed by atoms with E-state index in [9.17, 15) is 0 Å². The molecule has 0 aliphatic heterocycles. The van der Waals surface area contributed by atoms with E-state index in [4.69, 9.17) is 5.11 Å². The lowest BCUT2D eigenvalue weighted by atomic mass is 10.5. The molecule has 0 aromatic carbocycles. The fraction of sp³-hybridized carbons (Fsp3) is 0.714. The molecular formula is C7H16N2O. The predicted molar refractivity (Wildman–Crippen MR) is 42.8 cm³/mol. The highest BCUT2D eigenvalue weighted by Gasteiger charge is 1.79. The zero-order chi connectivity index (χ0) is 7.82. The van der Waals surface area contributed by atoms with Gasteiger partial charge in [0.2, 0.25) is 0 Å². The molecule has 0 aromatic heterocycles. The Hall–Kier alpha value is -0.540. The van der Waals surface area contributed by atoms with Crippen molar-refractivity contribution < 1.29 is 5.11 Å². The second-order valence-corrected chi connectivity index (χ2v) is 2.28. The van der Waals surface area contributed by atoms with Crippen molar-refractivity contribution in [2.45, 2.75) is 0 Å². The second kappa shape index (κ2) is 6.58. The van der Waals surface area contributed by atoms with Gasteiger partial charge in [0.05, 0.1) is 6.61 Å². The molecule has 0 unspecified atom stereocenters. The number of aliphatic hydroxyl groups is 1. The van der Waals surface area contributed by atoms with Gasteiger partial charge in [-0.2, -0.15) is 0 Å². The first-order chi connectivity index (χ1) is 4.77. The number of nitrogens with one attached hydrogen (secondary N) is 1. The Morgan fingerprint density at radius 3 is 2.70 bits per heavy atom. The number of hydrogen-bond acceptors (Lipinski definition) is 3. The minimum Gasteiger partial charge on any atom is -0.395 e. The first kappa shape index (κ1) is 9.46.